The average molecular weight is 390 g/mol. The first-order valence-electron chi connectivity index (χ1n) is 9.70. The Bertz CT molecular complexity index is 978. The number of fused-ring (bicyclic) bond motifs is 3. The van der Waals surface area contributed by atoms with E-state index in [4.69, 9.17) is 4.74 Å². The summed E-state index contributed by atoms with van der Waals surface area (Å²) >= 11 is 0. The van der Waals surface area contributed by atoms with Gasteiger partial charge in [0.15, 0.2) is 23.3 Å². The molecule has 1 heterocycles. The Labute approximate surface area is 162 Å². The van der Waals surface area contributed by atoms with Gasteiger partial charge in [-0.1, -0.05) is 25.5 Å². The molecule has 1 nitrogen and oxygen atoms in total. The van der Waals surface area contributed by atoms with Crippen LogP contribution in [0.15, 0.2) is 23.8 Å². The molecule has 2 aliphatic rings. The fourth-order valence-electron chi connectivity index (χ4n) is 4.28. The molecule has 2 aromatic carbocycles. The van der Waals surface area contributed by atoms with Crippen molar-refractivity contribution in [1.82, 2.24) is 0 Å². The molecule has 5 heteroatoms. The van der Waals surface area contributed by atoms with Crippen LogP contribution in [-0.2, 0) is 17.6 Å². The maximum absolute atomic E-state index is 15.1. The molecule has 1 unspecified atom stereocenters. The fourth-order valence-corrected chi connectivity index (χ4v) is 4.28. The van der Waals surface area contributed by atoms with Gasteiger partial charge in [0, 0.05) is 16.7 Å². The summed E-state index contributed by atoms with van der Waals surface area (Å²) < 4.78 is 64.5. The third kappa shape index (κ3) is 3.06. The highest BCUT2D eigenvalue weighted by Crippen LogP contribution is 2.42. The number of hydrogen-bond acceptors (Lipinski definition) is 1. The number of halogens is 4. The SMILES string of the molecule is CCCC1=CCC(c2cc3c(c(F)c2F)-c2c(cc(C)c(F)c2F)CC3)OC1. The normalized spacial score (nSPS) is 18.5. The maximum atomic E-state index is 15.1. The maximum Gasteiger partial charge on any atom is 0.167 e. The summed E-state index contributed by atoms with van der Waals surface area (Å²) in [5.41, 5.74) is 2.19. The van der Waals surface area contributed by atoms with Crippen LogP contribution in [0.25, 0.3) is 11.1 Å². The standard InChI is InChI=1S/C23H22F4O/c1-3-4-13-5-8-17(28-11-13)16-10-15-7-6-14-9-12(2)20(24)22(26)18(14)19(15)23(27)21(16)25/h5,9-10,17H,3-4,6-8,11H2,1-2H3. The number of hydrogen-bond donors (Lipinski definition) is 0. The van der Waals surface area contributed by atoms with E-state index in [1.165, 1.54) is 18.6 Å². The Balaban J connectivity index is 1.79. The first-order chi connectivity index (χ1) is 13.4. The molecule has 0 spiro atoms. The first kappa shape index (κ1) is 19.2. The Hall–Kier alpha value is -2.14. The molecule has 2 aromatic rings. The topological polar surface area (TPSA) is 9.23 Å². The van der Waals surface area contributed by atoms with Gasteiger partial charge in [0.2, 0.25) is 0 Å². The zero-order valence-electron chi connectivity index (χ0n) is 16.0. The molecule has 4 rings (SSSR count). The van der Waals surface area contributed by atoms with Gasteiger partial charge < -0.3 is 4.74 Å². The van der Waals surface area contributed by atoms with Crippen LogP contribution in [0.4, 0.5) is 17.6 Å². The lowest BCUT2D eigenvalue weighted by molar-refractivity contribution is 0.0568. The second-order valence-electron chi connectivity index (χ2n) is 7.63. The third-order valence-electron chi connectivity index (χ3n) is 5.71. The molecule has 28 heavy (non-hydrogen) atoms. The third-order valence-corrected chi connectivity index (χ3v) is 5.71. The van der Waals surface area contributed by atoms with Crippen molar-refractivity contribution in [3.63, 3.8) is 0 Å². The summed E-state index contributed by atoms with van der Waals surface area (Å²) in [7, 11) is 0. The van der Waals surface area contributed by atoms with Crippen molar-refractivity contribution >= 4 is 0 Å². The van der Waals surface area contributed by atoms with Gasteiger partial charge in [-0.15, -0.1) is 0 Å². The number of rotatable bonds is 3. The molecule has 1 atom stereocenters. The summed E-state index contributed by atoms with van der Waals surface area (Å²) in [6, 6.07) is 3.09. The van der Waals surface area contributed by atoms with E-state index in [-0.39, 0.29) is 22.3 Å². The zero-order chi connectivity index (χ0) is 20.0. The Morgan fingerprint density at radius 1 is 0.929 bits per heavy atom. The second-order valence-corrected chi connectivity index (χ2v) is 7.63. The largest absolute Gasteiger partial charge is 0.369 e. The number of aryl methyl sites for hydroxylation is 3. The number of benzene rings is 2. The smallest absolute Gasteiger partial charge is 0.167 e. The van der Waals surface area contributed by atoms with E-state index in [0.29, 0.717) is 37.0 Å². The van der Waals surface area contributed by atoms with E-state index in [0.717, 1.165) is 12.8 Å². The van der Waals surface area contributed by atoms with Gasteiger partial charge >= 0.3 is 0 Å². The van der Waals surface area contributed by atoms with E-state index in [1.807, 2.05) is 6.08 Å². The van der Waals surface area contributed by atoms with Crippen molar-refractivity contribution in [1.29, 1.82) is 0 Å². The molecule has 0 saturated carbocycles. The predicted molar refractivity (Wildman–Crippen MR) is 100 cm³/mol. The van der Waals surface area contributed by atoms with Gasteiger partial charge in [-0.2, -0.15) is 0 Å². The summed E-state index contributed by atoms with van der Waals surface area (Å²) in [5.74, 6) is -4.28. The Morgan fingerprint density at radius 2 is 1.57 bits per heavy atom. The average Bonchev–Trinajstić information content (AvgIpc) is 2.69. The van der Waals surface area contributed by atoms with Crippen LogP contribution in [-0.4, -0.2) is 6.61 Å². The van der Waals surface area contributed by atoms with Gasteiger partial charge in [0.25, 0.3) is 0 Å². The molecule has 0 N–H and O–H groups in total. The molecule has 1 aliphatic heterocycles. The molecular weight excluding hydrogens is 368 g/mol. The quantitative estimate of drug-likeness (QED) is 0.429. The molecule has 1 aliphatic carbocycles. The zero-order valence-corrected chi connectivity index (χ0v) is 16.0. The van der Waals surface area contributed by atoms with Gasteiger partial charge in [0.1, 0.15) is 0 Å². The van der Waals surface area contributed by atoms with Gasteiger partial charge in [-0.05, 0) is 60.9 Å². The van der Waals surface area contributed by atoms with Crippen LogP contribution in [0.1, 0.15) is 54.5 Å². The first-order valence-corrected chi connectivity index (χ1v) is 9.70. The molecule has 0 saturated heterocycles. The van der Waals surface area contributed by atoms with Crippen LogP contribution in [0.2, 0.25) is 0 Å². The van der Waals surface area contributed by atoms with Crippen molar-refractivity contribution in [2.24, 2.45) is 0 Å². The summed E-state index contributed by atoms with van der Waals surface area (Å²) in [4.78, 5) is 0. The molecular formula is C23H22F4O. The van der Waals surface area contributed by atoms with Crippen LogP contribution < -0.4 is 0 Å². The minimum Gasteiger partial charge on any atom is -0.369 e. The molecule has 0 aromatic heterocycles. The Morgan fingerprint density at radius 3 is 2.18 bits per heavy atom. The van der Waals surface area contributed by atoms with Gasteiger partial charge in [0.05, 0.1) is 12.7 Å². The Kier molecular flexibility index (Phi) is 5.04. The highest BCUT2D eigenvalue weighted by Gasteiger charge is 2.31. The van der Waals surface area contributed by atoms with Crippen molar-refractivity contribution in [2.75, 3.05) is 6.61 Å². The van der Waals surface area contributed by atoms with Crippen molar-refractivity contribution < 1.29 is 22.3 Å². The van der Waals surface area contributed by atoms with Crippen LogP contribution >= 0.6 is 0 Å². The minimum absolute atomic E-state index is 0.151. The van der Waals surface area contributed by atoms with E-state index in [1.54, 1.807) is 6.07 Å². The summed E-state index contributed by atoms with van der Waals surface area (Å²) in [5, 5.41) is 0. The van der Waals surface area contributed by atoms with Crippen molar-refractivity contribution in [2.45, 2.75) is 52.1 Å². The molecule has 0 bridgehead atoms. The lowest BCUT2D eigenvalue weighted by Crippen LogP contribution is -2.17. The molecule has 0 fully saturated rings. The minimum atomic E-state index is -1.12. The van der Waals surface area contributed by atoms with Gasteiger partial charge in [-0.3, -0.25) is 0 Å². The predicted octanol–water partition coefficient (Wildman–Crippen LogP) is 6.50. The second kappa shape index (κ2) is 7.36. The fraction of sp³-hybridized carbons (Fsp3) is 0.391. The highest BCUT2D eigenvalue weighted by atomic mass is 19.2. The lowest BCUT2D eigenvalue weighted by Gasteiger charge is -2.27. The van der Waals surface area contributed by atoms with E-state index >= 15 is 4.39 Å². The number of ether oxygens (including phenoxy) is 1. The molecule has 148 valence electrons. The van der Waals surface area contributed by atoms with Crippen molar-refractivity contribution in [3.8, 4) is 11.1 Å². The van der Waals surface area contributed by atoms with Crippen LogP contribution in [0.3, 0.4) is 0 Å². The molecule has 0 radical (unpaired) electrons. The summed E-state index contributed by atoms with van der Waals surface area (Å²) in [6.45, 7) is 3.94. The monoisotopic (exact) mass is 390 g/mol. The highest BCUT2D eigenvalue weighted by molar-refractivity contribution is 5.75. The van der Waals surface area contributed by atoms with E-state index in [9.17, 15) is 13.2 Å². The van der Waals surface area contributed by atoms with E-state index < -0.39 is 29.4 Å². The van der Waals surface area contributed by atoms with Crippen molar-refractivity contribution in [3.05, 3.63) is 69.3 Å². The van der Waals surface area contributed by atoms with Crippen LogP contribution in [0, 0.1) is 30.2 Å². The van der Waals surface area contributed by atoms with E-state index in [2.05, 4.69) is 6.92 Å². The van der Waals surface area contributed by atoms with Crippen LogP contribution in [0.5, 0.6) is 0 Å². The summed E-state index contributed by atoms with van der Waals surface area (Å²) in [6.07, 6.45) is 4.77. The molecule has 0 amide bonds. The van der Waals surface area contributed by atoms with Gasteiger partial charge in [-0.25, -0.2) is 17.6 Å². The lowest BCUT2D eigenvalue weighted by atomic mass is 9.82.